The van der Waals surface area contributed by atoms with Crippen molar-refractivity contribution in [3.05, 3.63) is 144 Å². The van der Waals surface area contributed by atoms with Crippen molar-refractivity contribution < 1.29 is 30.3 Å². The van der Waals surface area contributed by atoms with Crippen LogP contribution in [0.1, 0.15) is 22.3 Å². The topological polar surface area (TPSA) is 118 Å². The highest BCUT2D eigenvalue weighted by Crippen LogP contribution is 2.34. The molecule has 0 fully saturated rings. The number of aliphatic hydroxyl groups excluding tert-OH is 3. The Morgan fingerprint density at radius 1 is 0.575 bits per heavy atom. The molecule has 0 spiro atoms. The third-order valence-corrected chi connectivity index (χ3v) is 7.43. The minimum Gasteiger partial charge on any atom is -0.390 e. The van der Waals surface area contributed by atoms with E-state index in [0.717, 1.165) is 0 Å². The van der Waals surface area contributed by atoms with Crippen molar-refractivity contribution in [1.29, 1.82) is 0 Å². The summed E-state index contributed by atoms with van der Waals surface area (Å²) < 4.78 is 0. The minimum absolute atomic E-state index is 0.0130. The second-order valence-corrected chi connectivity index (χ2v) is 10.4. The van der Waals surface area contributed by atoms with E-state index in [1.165, 1.54) is 0 Å². The lowest BCUT2D eigenvalue weighted by atomic mass is 9.70. The van der Waals surface area contributed by atoms with Gasteiger partial charge in [0.15, 0.2) is 11.4 Å². The Labute approximate surface area is 234 Å². The summed E-state index contributed by atoms with van der Waals surface area (Å²) in [6, 6.07) is 35.2. The van der Waals surface area contributed by atoms with Crippen LogP contribution in [0.5, 0.6) is 0 Å². The van der Waals surface area contributed by atoms with E-state index in [-0.39, 0.29) is 25.7 Å². The summed E-state index contributed by atoms with van der Waals surface area (Å²) in [5.74, 6) is -0.716. The molecule has 0 saturated carbocycles. The van der Waals surface area contributed by atoms with Gasteiger partial charge in [0.05, 0.1) is 6.10 Å². The van der Waals surface area contributed by atoms with Crippen molar-refractivity contribution in [2.75, 3.05) is 0 Å². The molecule has 0 aliphatic heterocycles. The number of Topliss-reactive ketones (excluding diaryl/α,β-unsaturated/α-hetero) is 1. The fraction of sp³-hybridized carbons (Fsp3) is 0.265. The van der Waals surface area contributed by atoms with Crippen LogP contribution in [0.2, 0.25) is 0 Å². The summed E-state index contributed by atoms with van der Waals surface area (Å²) in [6.07, 6.45) is -6.41. The fourth-order valence-electron chi connectivity index (χ4n) is 5.19. The zero-order valence-corrected chi connectivity index (χ0v) is 22.3. The van der Waals surface area contributed by atoms with E-state index in [1.807, 2.05) is 12.1 Å². The summed E-state index contributed by atoms with van der Waals surface area (Å²) in [4.78, 5) is 13.8. The lowest BCUT2D eigenvalue weighted by Crippen LogP contribution is -2.68. The third kappa shape index (κ3) is 6.91. The molecule has 6 nitrogen and oxygen atoms in total. The quantitative estimate of drug-likeness (QED) is 0.178. The van der Waals surface area contributed by atoms with Gasteiger partial charge in [0.2, 0.25) is 0 Å². The van der Waals surface area contributed by atoms with Crippen LogP contribution >= 0.6 is 0 Å². The number of aliphatic hydroxyl groups is 5. The van der Waals surface area contributed by atoms with E-state index >= 15 is 0 Å². The Morgan fingerprint density at radius 2 is 0.975 bits per heavy atom. The Morgan fingerprint density at radius 3 is 1.45 bits per heavy atom. The van der Waals surface area contributed by atoms with Crippen molar-refractivity contribution in [2.24, 2.45) is 0 Å². The molecule has 0 aliphatic rings. The first-order chi connectivity index (χ1) is 19.2. The van der Waals surface area contributed by atoms with Crippen LogP contribution in [0.15, 0.2) is 121 Å². The van der Waals surface area contributed by atoms with Crippen LogP contribution in [0.25, 0.3) is 0 Å². The number of carbonyl (C=O) groups is 1. The fourth-order valence-corrected chi connectivity index (χ4v) is 5.19. The smallest absolute Gasteiger partial charge is 0.171 e. The van der Waals surface area contributed by atoms with E-state index in [2.05, 4.69) is 0 Å². The van der Waals surface area contributed by atoms with Crippen LogP contribution in [-0.4, -0.2) is 60.8 Å². The van der Waals surface area contributed by atoms with Gasteiger partial charge in [0.1, 0.15) is 17.8 Å². The van der Waals surface area contributed by atoms with Gasteiger partial charge in [0, 0.05) is 25.7 Å². The molecule has 4 aromatic rings. The molecule has 0 aliphatic carbocycles. The van der Waals surface area contributed by atoms with Crippen LogP contribution in [-0.2, 0) is 30.5 Å². The molecule has 0 bridgehead atoms. The molecule has 5 N–H and O–H groups in total. The monoisotopic (exact) mass is 540 g/mol. The zero-order chi connectivity index (χ0) is 28.6. The number of rotatable bonds is 13. The first-order valence-corrected chi connectivity index (χ1v) is 13.4. The zero-order valence-electron chi connectivity index (χ0n) is 22.3. The highest BCUT2D eigenvalue weighted by Gasteiger charge is 2.57. The van der Waals surface area contributed by atoms with Crippen molar-refractivity contribution in [2.45, 2.75) is 55.2 Å². The number of hydrogen-bond acceptors (Lipinski definition) is 6. The molecule has 6 heteroatoms. The largest absolute Gasteiger partial charge is 0.390 e. The predicted octanol–water partition coefficient (Wildman–Crippen LogP) is 3.07. The molecule has 4 rings (SSSR count). The second kappa shape index (κ2) is 13.1. The van der Waals surface area contributed by atoms with Gasteiger partial charge >= 0.3 is 0 Å². The lowest BCUT2D eigenvalue weighted by Gasteiger charge is -2.45. The number of benzene rings is 4. The summed E-state index contributed by atoms with van der Waals surface area (Å²) in [6.45, 7) is 0. The van der Waals surface area contributed by atoms with Gasteiger partial charge in [-0.15, -0.1) is 0 Å². The molecule has 1 unspecified atom stereocenters. The van der Waals surface area contributed by atoms with Crippen LogP contribution in [0.3, 0.4) is 0 Å². The highest BCUT2D eigenvalue weighted by molar-refractivity contribution is 5.90. The van der Waals surface area contributed by atoms with E-state index in [4.69, 9.17) is 0 Å². The van der Waals surface area contributed by atoms with Gasteiger partial charge < -0.3 is 25.5 Å². The van der Waals surface area contributed by atoms with Crippen LogP contribution < -0.4 is 0 Å². The first kappa shape index (κ1) is 29.3. The van der Waals surface area contributed by atoms with Gasteiger partial charge in [-0.05, 0) is 22.3 Å². The molecule has 208 valence electrons. The maximum atomic E-state index is 13.8. The normalized spacial score (nSPS) is 16.7. The second-order valence-electron chi connectivity index (χ2n) is 10.4. The minimum atomic E-state index is -2.49. The van der Waals surface area contributed by atoms with Gasteiger partial charge in [-0.2, -0.15) is 0 Å². The van der Waals surface area contributed by atoms with Crippen LogP contribution in [0, 0.1) is 0 Å². The van der Waals surface area contributed by atoms with Crippen molar-refractivity contribution in [3.63, 3.8) is 0 Å². The Bertz CT molecular complexity index is 1330. The molecule has 5 atom stereocenters. The number of hydrogen-bond donors (Lipinski definition) is 5. The number of ketones is 1. The lowest BCUT2D eigenvalue weighted by molar-refractivity contribution is -0.223. The van der Waals surface area contributed by atoms with E-state index in [0.29, 0.717) is 22.3 Å². The average molecular weight is 541 g/mol. The van der Waals surface area contributed by atoms with Gasteiger partial charge in [0.25, 0.3) is 0 Å². The molecule has 0 radical (unpaired) electrons. The Hall–Kier alpha value is -3.65. The third-order valence-electron chi connectivity index (χ3n) is 7.43. The van der Waals surface area contributed by atoms with Crippen molar-refractivity contribution in [3.8, 4) is 0 Å². The summed E-state index contributed by atoms with van der Waals surface area (Å²) >= 11 is 0. The summed E-state index contributed by atoms with van der Waals surface area (Å²) in [5.41, 5.74) is -2.54. The Kier molecular flexibility index (Phi) is 9.63. The predicted molar refractivity (Wildman–Crippen MR) is 154 cm³/mol. The molecule has 40 heavy (non-hydrogen) atoms. The van der Waals surface area contributed by atoms with E-state index < -0.39 is 35.3 Å². The Balaban J connectivity index is 1.74. The molecular weight excluding hydrogens is 504 g/mol. The SMILES string of the molecule is O=C(Cc1ccccc1)[C@@](O)(Cc1ccccc1)[C@@H](O)[C@](O)(Cc1ccccc1)[C@H](O)C(O)Cc1ccccc1. The van der Waals surface area contributed by atoms with Crippen molar-refractivity contribution >= 4 is 5.78 Å². The van der Waals surface area contributed by atoms with Crippen molar-refractivity contribution in [1.82, 2.24) is 0 Å². The summed E-state index contributed by atoms with van der Waals surface area (Å²) in [7, 11) is 0. The van der Waals surface area contributed by atoms with Crippen LogP contribution in [0.4, 0.5) is 0 Å². The molecule has 0 amide bonds. The maximum Gasteiger partial charge on any atom is 0.171 e. The van der Waals surface area contributed by atoms with Gasteiger partial charge in [-0.1, -0.05) is 121 Å². The maximum absolute atomic E-state index is 13.8. The standard InChI is InChI=1S/C34H36O6/c35-29(21-25-13-5-1-6-14-25)31(37)34(40,24-28-19-11-4-12-20-28)32(38)33(39,23-27-17-9-3-10-18-27)30(36)22-26-15-7-2-8-16-26/h1-20,29,31-32,35,37-40H,21-24H2/t29?,31-,32-,33+,34+/m1/s1. The molecule has 0 saturated heterocycles. The molecule has 0 aromatic heterocycles. The number of carbonyl (C=O) groups excluding carboxylic acids is 1. The van der Waals surface area contributed by atoms with Gasteiger partial charge in [-0.3, -0.25) is 4.79 Å². The molecule has 0 heterocycles. The van der Waals surface area contributed by atoms with E-state index in [9.17, 15) is 30.3 Å². The summed E-state index contributed by atoms with van der Waals surface area (Å²) in [5, 5.41) is 58.5. The first-order valence-electron chi connectivity index (χ1n) is 13.4. The average Bonchev–Trinajstić information content (AvgIpc) is 2.98. The van der Waals surface area contributed by atoms with Gasteiger partial charge in [-0.25, -0.2) is 0 Å². The molecule has 4 aromatic carbocycles. The highest BCUT2D eigenvalue weighted by atomic mass is 16.4. The molecular formula is C34H36O6. The van der Waals surface area contributed by atoms with E-state index in [1.54, 1.807) is 109 Å².